The van der Waals surface area contributed by atoms with Crippen LogP contribution in [-0.2, 0) is 12.3 Å². The summed E-state index contributed by atoms with van der Waals surface area (Å²) in [5.74, 6) is 1.70. The van der Waals surface area contributed by atoms with Crippen molar-refractivity contribution in [3.63, 3.8) is 0 Å². The molecule has 1 aliphatic heterocycles. The molecular formula is C21H26N4OS. The van der Waals surface area contributed by atoms with Gasteiger partial charge in [0.15, 0.2) is 5.17 Å². The van der Waals surface area contributed by atoms with Crippen LogP contribution in [-0.4, -0.2) is 36.5 Å². The SMILES string of the molecule is COc1ccc(C=NN=C(N)SCc2ccccc2)cc1CN1CCCC1. The van der Waals surface area contributed by atoms with E-state index in [2.05, 4.69) is 33.3 Å². The number of rotatable bonds is 7. The van der Waals surface area contributed by atoms with Crippen LogP contribution in [0.25, 0.3) is 0 Å². The van der Waals surface area contributed by atoms with E-state index in [0.717, 1.165) is 36.7 Å². The molecule has 0 aliphatic carbocycles. The Morgan fingerprint density at radius 3 is 2.70 bits per heavy atom. The van der Waals surface area contributed by atoms with E-state index in [0.29, 0.717) is 5.17 Å². The van der Waals surface area contributed by atoms with Gasteiger partial charge in [0.05, 0.1) is 13.3 Å². The molecule has 0 spiro atoms. The van der Waals surface area contributed by atoms with Crippen LogP contribution in [0.5, 0.6) is 5.75 Å². The van der Waals surface area contributed by atoms with Gasteiger partial charge in [0, 0.05) is 17.9 Å². The first-order valence-corrected chi connectivity index (χ1v) is 10.2. The Bertz CT molecular complexity index is 786. The monoisotopic (exact) mass is 382 g/mol. The molecular weight excluding hydrogens is 356 g/mol. The molecule has 1 aliphatic rings. The zero-order valence-corrected chi connectivity index (χ0v) is 16.5. The molecule has 1 fully saturated rings. The first kappa shape index (κ1) is 19.5. The predicted octanol–water partition coefficient (Wildman–Crippen LogP) is 3.87. The summed E-state index contributed by atoms with van der Waals surface area (Å²) in [5.41, 5.74) is 9.33. The normalized spacial score (nSPS) is 15.5. The minimum Gasteiger partial charge on any atom is -0.496 e. The van der Waals surface area contributed by atoms with E-state index >= 15 is 0 Å². The van der Waals surface area contributed by atoms with Crippen LogP contribution in [0.15, 0.2) is 58.7 Å². The van der Waals surface area contributed by atoms with Crippen molar-refractivity contribution in [1.82, 2.24) is 4.90 Å². The van der Waals surface area contributed by atoms with Gasteiger partial charge in [0.25, 0.3) is 0 Å². The second kappa shape index (κ2) is 10.1. The van der Waals surface area contributed by atoms with Crippen molar-refractivity contribution >= 4 is 23.1 Å². The highest BCUT2D eigenvalue weighted by Crippen LogP contribution is 2.23. The van der Waals surface area contributed by atoms with Gasteiger partial charge in [-0.15, -0.1) is 5.10 Å². The third-order valence-corrected chi connectivity index (χ3v) is 5.34. The average Bonchev–Trinajstić information content (AvgIpc) is 3.20. The third-order valence-electron chi connectivity index (χ3n) is 4.49. The smallest absolute Gasteiger partial charge is 0.180 e. The van der Waals surface area contributed by atoms with Crippen LogP contribution in [0, 0.1) is 0 Å². The molecule has 0 atom stereocenters. The first-order chi connectivity index (χ1) is 13.2. The summed E-state index contributed by atoms with van der Waals surface area (Å²) in [5, 5.41) is 8.70. The van der Waals surface area contributed by atoms with E-state index < -0.39 is 0 Å². The fourth-order valence-corrected chi connectivity index (χ4v) is 3.71. The predicted molar refractivity (Wildman–Crippen MR) is 114 cm³/mol. The lowest BCUT2D eigenvalue weighted by Gasteiger charge is -2.17. The Hall–Kier alpha value is -2.31. The number of hydrogen-bond acceptors (Lipinski definition) is 5. The quantitative estimate of drug-likeness (QED) is 0.448. The molecule has 2 aromatic rings. The number of benzene rings is 2. The standard InChI is InChI=1S/C21H26N4OS/c1-26-20-10-9-18(13-19(20)15-25-11-5-6-12-25)14-23-24-21(22)27-16-17-7-3-2-4-8-17/h2-4,7-10,13-14H,5-6,11-12,15-16H2,1H3,(H2,22,24). The fourth-order valence-electron chi connectivity index (χ4n) is 3.10. The van der Waals surface area contributed by atoms with Gasteiger partial charge in [0.1, 0.15) is 5.75 Å². The van der Waals surface area contributed by atoms with E-state index in [4.69, 9.17) is 10.5 Å². The van der Waals surface area contributed by atoms with E-state index in [9.17, 15) is 0 Å². The van der Waals surface area contributed by atoms with Crippen LogP contribution in [0.2, 0.25) is 0 Å². The number of nitrogens with two attached hydrogens (primary N) is 1. The van der Waals surface area contributed by atoms with Crippen LogP contribution < -0.4 is 10.5 Å². The topological polar surface area (TPSA) is 63.2 Å². The molecule has 0 saturated carbocycles. The summed E-state index contributed by atoms with van der Waals surface area (Å²) in [6.07, 6.45) is 4.29. The Morgan fingerprint density at radius 2 is 1.96 bits per heavy atom. The van der Waals surface area contributed by atoms with Gasteiger partial charge in [-0.25, -0.2) is 0 Å². The summed E-state index contributed by atoms with van der Waals surface area (Å²) in [4.78, 5) is 2.45. The highest BCUT2D eigenvalue weighted by molar-refractivity contribution is 8.13. The summed E-state index contributed by atoms with van der Waals surface area (Å²) < 4.78 is 5.51. The lowest BCUT2D eigenvalue weighted by atomic mass is 10.1. The Morgan fingerprint density at radius 1 is 1.19 bits per heavy atom. The summed E-state index contributed by atoms with van der Waals surface area (Å²) in [6.45, 7) is 3.21. The molecule has 2 N–H and O–H groups in total. The van der Waals surface area contributed by atoms with Crippen LogP contribution in [0.3, 0.4) is 0 Å². The van der Waals surface area contributed by atoms with Crippen molar-refractivity contribution in [1.29, 1.82) is 0 Å². The maximum Gasteiger partial charge on any atom is 0.180 e. The van der Waals surface area contributed by atoms with Gasteiger partial charge in [0.2, 0.25) is 0 Å². The van der Waals surface area contributed by atoms with Crippen molar-refractivity contribution in [3.8, 4) is 5.75 Å². The minimum atomic E-state index is 0.459. The molecule has 0 unspecified atom stereocenters. The number of ether oxygens (including phenoxy) is 1. The zero-order chi connectivity index (χ0) is 18.9. The Balaban J connectivity index is 1.60. The molecule has 6 heteroatoms. The van der Waals surface area contributed by atoms with Crippen molar-refractivity contribution in [2.24, 2.45) is 15.9 Å². The molecule has 0 aromatic heterocycles. The Kier molecular flexibility index (Phi) is 7.30. The zero-order valence-electron chi connectivity index (χ0n) is 15.7. The number of nitrogens with zero attached hydrogens (tertiary/aromatic N) is 3. The molecule has 2 aromatic carbocycles. The largest absolute Gasteiger partial charge is 0.496 e. The van der Waals surface area contributed by atoms with Crippen molar-refractivity contribution < 1.29 is 4.74 Å². The number of thioether (sulfide) groups is 1. The van der Waals surface area contributed by atoms with E-state index in [1.807, 2.05) is 30.3 Å². The van der Waals surface area contributed by atoms with E-state index in [1.165, 1.54) is 35.7 Å². The lowest BCUT2D eigenvalue weighted by molar-refractivity contribution is 0.321. The maximum atomic E-state index is 5.94. The highest BCUT2D eigenvalue weighted by Gasteiger charge is 2.14. The van der Waals surface area contributed by atoms with E-state index in [-0.39, 0.29) is 0 Å². The van der Waals surface area contributed by atoms with Crippen LogP contribution in [0.4, 0.5) is 0 Å². The number of likely N-dealkylation sites (tertiary alicyclic amines) is 1. The maximum absolute atomic E-state index is 5.94. The van der Waals surface area contributed by atoms with Gasteiger partial charge in [-0.05, 0) is 55.3 Å². The number of amidine groups is 1. The molecule has 142 valence electrons. The minimum absolute atomic E-state index is 0.459. The average molecular weight is 383 g/mol. The molecule has 0 amide bonds. The van der Waals surface area contributed by atoms with E-state index in [1.54, 1.807) is 13.3 Å². The highest BCUT2D eigenvalue weighted by atomic mass is 32.2. The molecule has 0 bridgehead atoms. The lowest BCUT2D eigenvalue weighted by Crippen LogP contribution is -2.18. The third kappa shape index (κ3) is 6.12. The second-order valence-corrected chi connectivity index (χ2v) is 7.51. The van der Waals surface area contributed by atoms with Crippen LogP contribution >= 0.6 is 11.8 Å². The summed E-state index contributed by atoms with van der Waals surface area (Å²) >= 11 is 1.48. The van der Waals surface area contributed by atoms with Crippen molar-refractivity contribution in [2.75, 3.05) is 20.2 Å². The molecule has 3 rings (SSSR count). The molecule has 27 heavy (non-hydrogen) atoms. The summed E-state index contributed by atoms with van der Waals surface area (Å²) in [6, 6.07) is 16.3. The second-order valence-electron chi connectivity index (χ2n) is 6.51. The van der Waals surface area contributed by atoms with Crippen molar-refractivity contribution in [3.05, 3.63) is 65.2 Å². The number of methoxy groups -OCH3 is 1. The summed E-state index contributed by atoms with van der Waals surface area (Å²) in [7, 11) is 1.71. The fraction of sp³-hybridized carbons (Fsp3) is 0.333. The van der Waals surface area contributed by atoms with Crippen LogP contribution in [0.1, 0.15) is 29.5 Å². The van der Waals surface area contributed by atoms with Gasteiger partial charge < -0.3 is 10.5 Å². The first-order valence-electron chi connectivity index (χ1n) is 9.17. The van der Waals surface area contributed by atoms with Gasteiger partial charge in [-0.1, -0.05) is 42.1 Å². The van der Waals surface area contributed by atoms with Crippen molar-refractivity contribution in [2.45, 2.75) is 25.1 Å². The molecule has 5 nitrogen and oxygen atoms in total. The van der Waals surface area contributed by atoms with Gasteiger partial charge >= 0.3 is 0 Å². The molecule has 1 saturated heterocycles. The van der Waals surface area contributed by atoms with Gasteiger partial charge in [-0.2, -0.15) is 5.10 Å². The molecule has 0 radical (unpaired) electrons. The Labute approximate surface area is 165 Å². The van der Waals surface area contributed by atoms with Gasteiger partial charge in [-0.3, -0.25) is 4.90 Å². The molecule has 1 heterocycles. The number of hydrogen-bond donors (Lipinski definition) is 1.